The van der Waals surface area contributed by atoms with Gasteiger partial charge in [-0.1, -0.05) is 38.3 Å². The molecule has 0 radical (unpaired) electrons. The van der Waals surface area contributed by atoms with Gasteiger partial charge in [0.1, 0.15) is 5.75 Å². The summed E-state index contributed by atoms with van der Waals surface area (Å²) in [6, 6.07) is 16.6. The van der Waals surface area contributed by atoms with Crippen LogP contribution in [0.25, 0.3) is 0 Å². The quantitative estimate of drug-likeness (QED) is 0.381. The SMILES string of the molecule is CC[C@H]1CC[C@H]([C@H]2CC[C@H](c3ccc(C(=O)Oc4ccc(C#N)cc4)cc3)CC2)CC1. The molecule has 0 unspecified atom stereocenters. The molecule has 0 aromatic heterocycles. The van der Waals surface area contributed by atoms with Crippen LogP contribution in [0.3, 0.4) is 0 Å². The predicted octanol–water partition coefficient (Wildman–Crippen LogP) is 7.27. The average molecular weight is 416 g/mol. The summed E-state index contributed by atoms with van der Waals surface area (Å²) < 4.78 is 5.43. The fourth-order valence-electron chi connectivity index (χ4n) is 5.65. The number of nitriles is 1. The number of rotatable bonds is 5. The number of carbonyl (C=O) groups excluding carboxylic acids is 1. The van der Waals surface area contributed by atoms with Gasteiger partial charge in [-0.3, -0.25) is 0 Å². The third-order valence-corrected chi connectivity index (χ3v) is 7.72. The molecule has 2 fully saturated rings. The molecule has 162 valence electrons. The Morgan fingerprint density at radius 3 is 2.00 bits per heavy atom. The molecule has 3 heteroatoms. The van der Waals surface area contributed by atoms with Crippen LogP contribution in [-0.2, 0) is 0 Å². The fraction of sp³-hybridized carbons (Fsp3) is 0.500. The van der Waals surface area contributed by atoms with Gasteiger partial charge in [0.2, 0.25) is 0 Å². The van der Waals surface area contributed by atoms with E-state index in [2.05, 4.69) is 25.1 Å². The summed E-state index contributed by atoms with van der Waals surface area (Å²) in [6.07, 6.45) is 12.4. The average Bonchev–Trinajstić information content (AvgIpc) is 2.85. The van der Waals surface area contributed by atoms with Crippen molar-refractivity contribution in [2.45, 2.75) is 70.6 Å². The summed E-state index contributed by atoms with van der Waals surface area (Å²) in [5, 5.41) is 8.86. The minimum atomic E-state index is -0.359. The van der Waals surface area contributed by atoms with E-state index in [0.29, 0.717) is 22.8 Å². The number of hydrogen-bond donors (Lipinski definition) is 0. The number of hydrogen-bond acceptors (Lipinski definition) is 3. The Kier molecular flexibility index (Phi) is 7.07. The first-order valence-electron chi connectivity index (χ1n) is 12.0. The van der Waals surface area contributed by atoms with Crippen LogP contribution >= 0.6 is 0 Å². The molecule has 0 amide bonds. The second-order valence-corrected chi connectivity index (χ2v) is 9.45. The molecule has 2 aromatic carbocycles. The molecule has 4 rings (SSSR count). The van der Waals surface area contributed by atoms with Gasteiger partial charge in [0.15, 0.2) is 0 Å². The second-order valence-electron chi connectivity index (χ2n) is 9.45. The van der Waals surface area contributed by atoms with Crippen LogP contribution in [0.5, 0.6) is 5.75 Å². The summed E-state index contributed by atoms with van der Waals surface area (Å²) in [6.45, 7) is 2.34. The summed E-state index contributed by atoms with van der Waals surface area (Å²) >= 11 is 0. The minimum Gasteiger partial charge on any atom is -0.423 e. The lowest BCUT2D eigenvalue weighted by Crippen LogP contribution is -2.25. The highest BCUT2D eigenvalue weighted by molar-refractivity contribution is 5.91. The molecule has 2 aliphatic rings. The van der Waals surface area contributed by atoms with Gasteiger partial charge in [-0.2, -0.15) is 5.26 Å². The highest BCUT2D eigenvalue weighted by Gasteiger charge is 2.30. The Hall–Kier alpha value is -2.60. The monoisotopic (exact) mass is 415 g/mol. The van der Waals surface area contributed by atoms with Gasteiger partial charge >= 0.3 is 5.97 Å². The zero-order chi connectivity index (χ0) is 21.6. The van der Waals surface area contributed by atoms with Crippen LogP contribution in [0.1, 0.15) is 92.1 Å². The molecule has 0 saturated heterocycles. The minimum absolute atomic E-state index is 0.359. The summed E-state index contributed by atoms with van der Waals surface area (Å²) in [4.78, 5) is 12.4. The first-order chi connectivity index (χ1) is 15.2. The highest BCUT2D eigenvalue weighted by atomic mass is 16.5. The van der Waals surface area contributed by atoms with Crippen molar-refractivity contribution in [2.24, 2.45) is 17.8 Å². The Balaban J connectivity index is 1.28. The lowest BCUT2D eigenvalue weighted by Gasteiger charge is -2.38. The molecule has 2 saturated carbocycles. The maximum absolute atomic E-state index is 12.4. The van der Waals surface area contributed by atoms with Gasteiger partial charge in [0.25, 0.3) is 0 Å². The van der Waals surface area contributed by atoms with E-state index < -0.39 is 0 Å². The van der Waals surface area contributed by atoms with Crippen molar-refractivity contribution in [1.82, 2.24) is 0 Å². The van der Waals surface area contributed by atoms with Crippen LogP contribution in [0, 0.1) is 29.1 Å². The number of esters is 1. The summed E-state index contributed by atoms with van der Waals surface area (Å²) in [5.41, 5.74) is 2.46. The van der Waals surface area contributed by atoms with Crippen LogP contribution in [0.4, 0.5) is 0 Å². The number of nitrogens with zero attached hydrogens (tertiary/aromatic N) is 1. The van der Waals surface area contributed by atoms with Crippen LogP contribution in [0.2, 0.25) is 0 Å². The topological polar surface area (TPSA) is 50.1 Å². The molecule has 3 nitrogen and oxygen atoms in total. The van der Waals surface area contributed by atoms with E-state index >= 15 is 0 Å². The third-order valence-electron chi connectivity index (χ3n) is 7.72. The van der Waals surface area contributed by atoms with E-state index in [1.807, 2.05) is 12.1 Å². The Morgan fingerprint density at radius 1 is 0.871 bits per heavy atom. The van der Waals surface area contributed by atoms with Gasteiger partial charge in [-0.15, -0.1) is 0 Å². The van der Waals surface area contributed by atoms with Gasteiger partial charge in [-0.25, -0.2) is 4.79 Å². The molecule has 0 atom stereocenters. The van der Waals surface area contributed by atoms with Crippen molar-refractivity contribution < 1.29 is 9.53 Å². The molecule has 2 aliphatic carbocycles. The van der Waals surface area contributed by atoms with Gasteiger partial charge in [0.05, 0.1) is 17.2 Å². The lowest BCUT2D eigenvalue weighted by molar-refractivity contribution is 0.0734. The Bertz CT molecular complexity index is 894. The highest BCUT2D eigenvalue weighted by Crippen LogP contribution is 2.44. The van der Waals surface area contributed by atoms with Crippen molar-refractivity contribution >= 4 is 5.97 Å². The van der Waals surface area contributed by atoms with Crippen LogP contribution < -0.4 is 4.74 Å². The van der Waals surface area contributed by atoms with E-state index in [1.54, 1.807) is 24.3 Å². The molecule has 0 bridgehead atoms. The standard InChI is InChI=1S/C28H33NO2/c1-2-20-3-7-22(8-4-20)23-9-11-24(12-10-23)25-13-15-26(16-14-25)28(30)31-27-17-5-21(19-29)6-18-27/h5-6,13-18,20,22-24H,2-4,7-12H2,1H3/t20-,22-,23-,24-. The van der Waals surface area contributed by atoms with Crippen molar-refractivity contribution in [3.63, 3.8) is 0 Å². The van der Waals surface area contributed by atoms with Crippen LogP contribution in [-0.4, -0.2) is 5.97 Å². The maximum Gasteiger partial charge on any atom is 0.343 e. The van der Waals surface area contributed by atoms with Crippen molar-refractivity contribution in [1.29, 1.82) is 5.26 Å². The van der Waals surface area contributed by atoms with E-state index in [-0.39, 0.29) is 5.97 Å². The summed E-state index contributed by atoms with van der Waals surface area (Å²) in [5.74, 6) is 3.59. The predicted molar refractivity (Wildman–Crippen MR) is 123 cm³/mol. The first kappa shape index (κ1) is 21.6. The molecule has 0 N–H and O–H groups in total. The Labute approximate surface area is 186 Å². The van der Waals surface area contributed by atoms with E-state index in [0.717, 1.165) is 17.8 Å². The number of carbonyl (C=O) groups is 1. The van der Waals surface area contributed by atoms with Gasteiger partial charge < -0.3 is 4.74 Å². The molecule has 0 aliphatic heterocycles. The van der Waals surface area contributed by atoms with Crippen molar-refractivity contribution in [3.05, 3.63) is 65.2 Å². The second kappa shape index (κ2) is 10.1. The molecule has 31 heavy (non-hydrogen) atoms. The summed E-state index contributed by atoms with van der Waals surface area (Å²) in [7, 11) is 0. The fourth-order valence-corrected chi connectivity index (χ4v) is 5.65. The zero-order valence-corrected chi connectivity index (χ0v) is 18.6. The van der Waals surface area contributed by atoms with Crippen LogP contribution in [0.15, 0.2) is 48.5 Å². The third kappa shape index (κ3) is 5.37. The van der Waals surface area contributed by atoms with Crippen molar-refractivity contribution in [3.8, 4) is 11.8 Å². The molecule has 0 spiro atoms. The van der Waals surface area contributed by atoms with Gasteiger partial charge in [-0.05, 0) is 104 Å². The maximum atomic E-state index is 12.4. The molecular weight excluding hydrogens is 382 g/mol. The number of benzene rings is 2. The lowest BCUT2D eigenvalue weighted by atomic mass is 9.68. The zero-order valence-electron chi connectivity index (χ0n) is 18.6. The smallest absolute Gasteiger partial charge is 0.343 e. The molecule has 2 aromatic rings. The van der Waals surface area contributed by atoms with E-state index in [1.165, 1.54) is 63.4 Å². The number of ether oxygens (including phenoxy) is 1. The normalized spacial score (nSPS) is 26.1. The van der Waals surface area contributed by atoms with E-state index in [4.69, 9.17) is 10.00 Å². The van der Waals surface area contributed by atoms with Gasteiger partial charge in [0, 0.05) is 0 Å². The molecular formula is C28H33NO2. The molecule has 0 heterocycles. The largest absolute Gasteiger partial charge is 0.423 e. The van der Waals surface area contributed by atoms with Crippen molar-refractivity contribution in [2.75, 3.05) is 0 Å². The first-order valence-corrected chi connectivity index (χ1v) is 12.0. The Morgan fingerprint density at radius 2 is 1.45 bits per heavy atom. The van der Waals surface area contributed by atoms with E-state index in [9.17, 15) is 4.79 Å².